The van der Waals surface area contributed by atoms with Crippen LogP contribution in [0, 0.1) is 23.7 Å². The smallest absolute Gasteiger partial charge is 0.353 e. The first-order valence-corrected chi connectivity index (χ1v) is 14.0. The highest BCUT2D eigenvalue weighted by molar-refractivity contribution is 8.03. The third-order valence-electron chi connectivity index (χ3n) is 8.30. The van der Waals surface area contributed by atoms with Crippen LogP contribution in [0.25, 0.3) is 0 Å². The number of nitrogens with two attached hydrogens (primary N) is 1. The number of tetrazole rings is 1. The number of hydrogen-bond acceptors (Lipinski definition) is 10. The summed E-state index contributed by atoms with van der Waals surface area (Å²) in [5.74, 6) is -1.90. The minimum absolute atomic E-state index is 0.0196. The van der Waals surface area contributed by atoms with Crippen molar-refractivity contribution in [3.63, 3.8) is 0 Å². The maximum atomic E-state index is 13.2. The van der Waals surface area contributed by atoms with E-state index in [0.29, 0.717) is 36.9 Å². The number of amides is 2. The van der Waals surface area contributed by atoms with Crippen LogP contribution in [-0.2, 0) is 25.7 Å². The topological polar surface area (TPSA) is 177 Å². The number of carboxylic acids is 1. The van der Waals surface area contributed by atoms with Crippen molar-refractivity contribution in [2.75, 3.05) is 26.2 Å². The van der Waals surface area contributed by atoms with Gasteiger partial charge in [0.25, 0.3) is 0 Å². The lowest BCUT2D eigenvalue weighted by Gasteiger charge is -2.47. The van der Waals surface area contributed by atoms with E-state index >= 15 is 0 Å². The highest BCUT2D eigenvalue weighted by atomic mass is 32.2. The van der Waals surface area contributed by atoms with Crippen LogP contribution < -0.4 is 11.1 Å². The number of aliphatic carboxylic acids is 1. The molecule has 0 saturated carbocycles. The van der Waals surface area contributed by atoms with Gasteiger partial charge in [0.2, 0.25) is 11.8 Å². The normalized spacial score (nSPS) is 31.5. The number of β-lactam (4-membered cyclic amide) rings is 1. The predicted molar refractivity (Wildman–Crippen MR) is 136 cm³/mol. The van der Waals surface area contributed by atoms with Gasteiger partial charge in [-0.05, 0) is 41.6 Å². The summed E-state index contributed by atoms with van der Waals surface area (Å²) in [5.41, 5.74) is 5.81. The average molecular weight is 547 g/mol. The summed E-state index contributed by atoms with van der Waals surface area (Å²) in [4.78, 5) is 54.9. The fraction of sp³-hybridized carbons (Fsp3) is 0.708. The van der Waals surface area contributed by atoms with E-state index < -0.39 is 11.9 Å². The van der Waals surface area contributed by atoms with Gasteiger partial charge in [-0.3, -0.25) is 14.4 Å². The average Bonchev–Trinajstić information content (AvgIpc) is 3.67. The van der Waals surface area contributed by atoms with Gasteiger partial charge < -0.3 is 26.0 Å². The molecule has 7 atom stereocenters. The highest BCUT2D eigenvalue weighted by Crippen LogP contribution is 2.53. The summed E-state index contributed by atoms with van der Waals surface area (Å²) in [6, 6.07) is -0.594. The van der Waals surface area contributed by atoms with Crippen molar-refractivity contribution in [1.82, 2.24) is 35.3 Å². The first-order valence-electron chi connectivity index (χ1n) is 13.1. The minimum Gasteiger partial charge on any atom is -0.477 e. The van der Waals surface area contributed by atoms with Gasteiger partial charge in [-0.1, -0.05) is 13.8 Å². The maximum absolute atomic E-state index is 13.2. The molecule has 1 aromatic heterocycles. The molecule has 5 rings (SSSR count). The second kappa shape index (κ2) is 10.7. The molecule has 3 fully saturated rings. The van der Waals surface area contributed by atoms with Crippen LogP contribution in [0.4, 0.5) is 0 Å². The van der Waals surface area contributed by atoms with Gasteiger partial charge in [-0.2, -0.15) is 0 Å². The highest BCUT2D eigenvalue weighted by Gasteiger charge is 2.60. The molecule has 206 valence electrons. The fourth-order valence-corrected chi connectivity index (χ4v) is 7.84. The number of rotatable bonds is 10. The summed E-state index contributed by atoms with van der Waals surface area (Å²) in [6.45, 7) is 6.41. The van der Waals surface area contributed by atoms with Crippen molar-refractivity contribution in [3.8, 4) is 0 Å². The number of carbonyl (C=O) groups is 4. The molecule has 0 aromatic carbocycles. The van der Waals surface area contributed by atoms with E-state index in [1.807, 2.05) is 18.7 Å². The summed E-state index contributed by atoms with van der Waals surface area (Å²) in [6.07, 6.45) is 3.06. The van der Waals surface area contributed by atoms with Gasteiger partial charge in [-0.25, -0.2) is 9.48 Å². The largest absolute Gasteiger partial charge is 0.477 e. The molecule has 14 heteroatoms. The van der Waals surface area contributed by atoms with E-state index in [4.69, 9.17) is 5.73 Å². The first kappa shape index (κ1) is 26.8. The summed E-state index contributed by atoms with van der Waals surface area (Å²) in [5, 5.41) is 24.1. The number of nitrogens with zero attached hydrogens (tertiary/aromatic N) is 6. The third-order valence-corrected chi connectivity index (χ3v) is 9.81. The van der Waals surface area contributed by atoms with Crippen LogP contribution in [-0.4, -0.2) is 102 Å². The van der Waals surface area contributed by atoms with Gasteiger partial charge in [0, 0.05) is 42.1 Å². The Hall–Kier alpha value is -2.84. The monoisotopic (exact) mass is 546 g/mol. The lowest BCUT2D eigenvalue weighted by Crippen LogP contribution is -2.62. The van der Waals surface area contributed by atoms with Crippen molar-refractivity contribution in [2.24, 2.45) is 29.4 Å². The van der Waals surface area contributed by atoms with Crippen molar-refractivity contribution in [2.45, 2.75) is 57.0 Å². The zero-order valence-corrected chi connectivity index (χ0v) is 22.3. The van der Waals surface area contributed by atoms with Gasteiger partial charge in [-0.15, -0.1) is 16.9 Å². The molecule has 0 spiro atoms. The Morgan fingerprint density at radius 3 is 2.79 bits per heavy atom. The summed E-state index contributed by atoms with van der Waals surface area (Å²) >= 11 is 1.47. The van der Waals surface area contributed by atoms with E-state index in [-0.39, 0.29) is 65.4 Å². The Balaban J connectivity index is 1.22. The number of carboxylic acid groups (broad SMARTS) is 1. The molecule has 4 aliphatic rings. The van der Waals surface area contributed by atoms with Gasteiger partial charge in [0.05, 0.1) is 18.0 Å². The molecule has 2 unspecified atom stereocenters. The standard InChI is InChI=1S/C24H34N8O5S/c1-12(5-15(33)10-31-11-27-28-29-31)18-19-13(2)21(20(24(36)37)32(19)23(18)35)38-16-6-17(26-8-16)22(34)30-4-3-14(7-25)9-30/h11-14,16-19,26H,3-10,25H2,1-2H3,(H,36,37)/t12-,13+,14+,16?,17?,18+,19+/m0/s1. The lowest BCUT2D eigenvalue weighted by atomic mass is 9.73. The molecule has 0 radical (unpaired) electrons. The van der Waals surface area contributed by atoms with Crippen LogP contribution in [0.5, 0.6) is 0 Å². The van der Waals surface area contributed by atoms with Crippen LogP contribution >= 0.6 is 11.8 Å². The van der Waals surface area contributed by atoms with Gasteiger partial charge in [0.15, 0.2) is 5.78 Å². The van der Waals surface area contributed by atoms with Crippen molar-refractivity contribution in [1.29, 1.82) is 0 Å². The van der Waals surface area contributed by atoms with Crippen LogP contribution in [0.1, 0.15) is 33.1 Å². The Morgan fingerprint density at radius 1 is 1.34 bits per heavy atom. The minimum atomic E-state index is -1.13. The Kier molecular flexibility index (Phi) is 7.56. The zero-order valence-electron chi connectivity index (χ0n) is 21.5. The molecule has 2 amide bonds. The fourth-order valence-electron chi connectivity index (χ4n) is 6.36. The molecule has 38 heavy (non-hydrogen) atoms. The summed E-state index contributed by atoms with van der Waals surface area (Å²) < 4.78 is 1.34. The lowest BCUT2D eigenvalue weighted by molar-refractivity contribution is -0.160. The number of Topliss-reactive ketones (excluding diaryl/α,β-unsaturated/α-hetero) is 1. The third kappa shape index (κ3) is 4.84. The molecular formula is C24H34N8O5S. The van der Waals surface area contributed by atoms with E-state index in [9.17, 15) is 24.3 Å². The van der Waals surface area contributed by atoms with Gasteiger partial charge in [0.1, 0.15) is 18.6 Å². The van der Waals surface area contributed by atoms with Crippen LogP contribution in [0.2, 0.25) is 0 Å². The predicted octanol–water partition coefficient (Wildman–Crippen LogP) is -0.688. The number of nitrogens with one attached hydrogen (secondary N) is 1. The number of thioether (sulfide) groups is 1. The first-order chi connectivity index (χ1) is 18.2. The Labute approximate surface area is 224 Å². The second-order valence-electron chi connectivity index (χ2n) is 10.9. The van der Waals surface area contributed by atoms with E-state index in [1.165, 1.54) is 27.7 Å². The molecular weight excluding hydrogens is 512 g/mol. The van der Waals surface area contributed by atoms with Crippen molar-refractivity contribution < 1.29 is 24.3 Å². The molecule has 0 bridgehead atoms. The molecule has 4 aliphatic heterocycles. The molecule has 1 aromatic rings. The number of ketones is 1. The number of hydrogen-bond donors (Lipinski definition) is 3. The van der Waals surface area contributed by atoms with Crippen molar-refractivity contribution >= 4 is 35.3 Å². The zero-order chi connectivity index (χ0) is 27.1. The number of carbonyl (C=O) groups excluding carboxylic acids is 3. The molecule has 3 saturated heterocycles. The number of likely N-dealkylation sites (tertiary alicyclic amines) is 1. The van der Waals surface area contributed by atoms with Gasteiger partial charge >= 0.3 is 5.97 Å². The molecule has 4 N–H and O–H groups in total. The van der Waals surface area contributed by atoms with Crippen molar-refractivity contribution in [3.05, 3.63) is 16.9 Å². The molecule has 0 aliphatic carbocycles. The van der Waals surface area contributed by atoms with E-state index in [1.54, 1.807) is 0 Å². The number of fused-ring (bicyclic) bond motifs is 1. The van der Waals surface area contributed by atoms with E-state index in [0.717, 1.165) is 13.0 Å². The SMILES string of the molecule is C[C@@H](CC(=O)Cn1cnnn1)[C@H]1C(=O)N2C(C(=O)O)=C(SC3CNC(C(=O)N4CC[C@H](CN)C4)C3)[C@H](C)[C@H]12. The Morgan fingerprint density at radius 2 is 2.13 bits per heavy atom. The second-order valence-corrected chi connectivity index (χ2v) is 12.2. The quantitative estimate of drug-likeness (QED) is 0.317. The van der Waals surface area contributed by atoms with Crippen LogP contribution in [0.3, 0.4) is 0 Å². The molecule has 5 heterocycles. The van der Waals surface area contributed by atoms with Crippen LogP contribution in [0.15, 0.2) is 16.9 Å². The maximum Gasteiger partial charge on any atom is 0.353 e. The number of aromatic nitrogens is 4. The van der Waals surface area contributed by atoms with E-state index in [2.05, 4.69) is 20.8 Å². The summed E-state index contributed by atoms with van der Waals surface area (Å²) in [7, 11) is 0. The molecule has 13 nitrogen and oxygen atoms in total. The Bertz CT molecular complexity index is 1140.